The number of anilines is 1. The quantitative estimate of drug-likeness (QED) is 0.553. The molecule has 3 unspecified atom stereocenters. The number of aromatic nitrogens is 2. The lowest BCUT2D eigenvalue weighted by Crippen LogP contribution is -2.54. The Balaban J connectivity index is 1.51. The second-order valence-corrected chi connectivity index (χ2v) is 10.6. The summed E-state index contributed by atoms with van der Waals surface area (Å²) < 4.78 is 47.2. The minimum Gasteiger partial charge on any atom is -0.469 e. The number of carbonyl (C=O) groups excluding carboxylic acids is 2. The molecule has 2 aliphatic rings. The summed E-state index contributed by atoms with van der Waals surface area (Å²) in [6.45, 7) is 6.65. The average molecular weight is 524 g/mol. The molecule has 12 heteroatoms. The fourth-order valence-electron chi connectivity index (χ4n) is 5.35. The molecule has 37 heavy (non-hydrogen) atoms. The highest BCUT2D eigenvalue weighted by molar-refractivity contribution is 5.93. The van der Waals surface area contributed by atoms with Gasteiger partial charge in [0.25, 0.3) is 0 Å². The Morgan fingerprint density at radius 2 is 1.89 bits per heavy atom. The zero-order valence-electron chi connectivity index (χ0n) is 21.3. The molecule has 2 N–H and O–H groups in total. The SMILES string of the molecule is COC(=O)C1CC(NC(C)(C)C)CCC1N1CC[C@H](Nc2ncnc3ccc(OC(F)(F)F)cc23)C1=O. The van der Waals surface area contributed by atoms with Gasteiger partial charge in [-0.05, 0) is 64.7 Å². The van der Waals surface area contributed by atoms with Crippen molar-refractivity contribution in [3.8, 4) is 5.75 Å². The second kappa shape index (κ2) is 10.3. The number of carbonyl (C=O) groups is 2. The van der Waals surface area contributed by atoms with E-state index < -0.39 is 24.1 Å². The number of ether oxygens (including phenoxy) is 2. The average Bonchev–Trinajstić information content (AvgIpc) is 3.16. The molecule has 4 rings (SSSR count). The van der Waals surface area contributed by atoms with E-state index in [0.717, 1.165) is 6.42 Å². The molecule has 2 aromatic rings. The van der Waals surface area contributed by atoms with Crippen molar-refractivity contribution in [1.29, 1.82) is 0 Å². The predicted octanol–water partition coefficient (Wildman–Crippen LogP) is 3.64. The van der Waals surface area contributed by atoms with Crippen LogP contribution < -0.4 is 15.4 Å². The van der Waals surface area contributed by atoms with Crippen LogP contribution in [0.3, 0.4) is 0 Å². The number of nitrogens with one attached hydrogen (secondary N) is 2. The molecular weight excluding hydrogens is 491 g/mol. The third kappa shape index (κ3) is 6.41. The molecule has 1 amide bonds. The van der Waals surface area contributed by atoms with E-state index in [4.69, 9.17) is 4.74 Å². The van der Waals surface area contributed by atoms with E-state index in [1.165, 1.54) is 31.6 Å². The van der Waals surface area contributed by atoms with Gasteiger partial charge in [-0.25, -0.2) is 9.97 Å². The highest BCUT2D eigenvalue weighted by Gasteiger charge is 2.45. The smallest absolute Gasteiger partial charge is 0.469 e. The number of rotatable bonds is 6. The van der Waals surface area contributed by atoms with Crippen molar-refractivity contribution < 1.29 is 32.2 Å². The number of halogens is 3. The Kier molecular flexibility index (Phi) is 7.50. The van der Waals surface area contributed by atoms with Crippen LogP contribution in [-0.4, -0.2) is 70.4 Å². The van der Waals surface area contributed by atoms with Crippen molar-refractivity contribution in [2.45, 2.75) is 76.5 Å². The maximum atomic E-state index is 13.4. The maximum absolute atomic E-state index is 13.4. The summed E-state index contributed by atoms with van der Waals surface area (Å²) in [6.07, 6.45) is -1.07. The number of nitrogens with zero attached hydrogens (tertiary/aromatic N) is 3. The molecule has 2 fully saturated rings. The molecule has 9 nitrogen and oxygen atoms in total. The van der Waals surface area contributed by atoms with Crippen LogP contribution in [0.2, 0.25) is 0 Å². The standard InChI is InChI=1S/C25H32F3N5O4/c1-24(2,3)32-14-5-8-20(17(11-14)23(35)36-4)33-10-9-19(22(33)34)31-21-16-12-15(37-25(26,27)28)6-7-18(16)29-13-30-21/h6-7,12-14,17,19-20,32H,5,8-11H2,1-4H3,(H,29,30,31)/t14?,17?,19-,20?/m0/s1. The number of hydrogen-bond donors (Lipinski definition) is 2. The van der Waals surface area contributed by atoms with Crippen molar-refractivity contribution in [2.75, 3.05) is 19.0 Å². The van der Waals surface area contributed by atoms with E-state index in [-0.39, 0.29) is 35.3 Å². The summed E-state index contributed by atoms with van der Waals surface area (Å²) in [5.74, 6) is -1.15. The molecule has 2 heterocycles. The highest BCUT2D eigenvalue weighted by Crippen LogP contribution is 2.34. The molecule has 0 radical (unpaired) electrons. The third-order valence-electron chi connectivity index (χ3n) is 6.75. The minimum atomic E-state index is -4.84. The van der Waals surface area contributed by atoms with Crippen LogP contribution in [-0.2, 0) is 14.3 Å². The van der Waals surface area contributed by atoms with E-state index in [0.29, 0.717) is 36.7 Å². The van der Waals surface area contributed by atoms with Crippen molar-refractivity contribution in [2.24, 2.45) is 5.92 Å². The lowest BCUT2D eigenvalue weighted by molar-refractivity contribution is -0.274. The van der Waals surface area contributed by atoms with Crippen LogP contribution >= 0.6 is 0 Å². The monoisotopic (exact) mass is 523 g/mol. The molecule has 4 atom stereocenters. The van der Waals surface area contributed by atoms with E-state index in [1.807, 2.05) is 0 Å². The molecule has 1 aromatic heterocycles. The number of amides is 1. The van der Waals surface area contributed by atoms with Gasteiger partial charge in [0.05, 0.1) is 18.5 Å². The van der Waals surface area contributed by atoms with Crippen LogP contribution in [0.1, 0.15) is 46.5 Å². The van der Waals surface area contributed by atoms with Gasteiger partial charge in [0, 0.05) is 29.6 Å². The first-order chi connectivity index (χ1) is 17.3. The Bertz CT molecular complexity index is 1150. The van der Waals surface area contributed by atoms with Gasteiger partial charge in [0.15, 0.2) is 0 Å². The van der Waals surface area contributed by atoms with Crippen LogP contribution in [0, 0.1) is 5.92 Å². The summed E-state index contributed by atoms with van der Waals surface area (Å²) in [5, 5.41) is 6.93. The van der Waals surface area contributed by atoms with Crippen LogP contribution in [0.5, 0.6) is 5.75 Å². The van der Waals surface area contributed by atoms with Crippen molar-refractivity contribution in [3.05, 3.63) is 24.5 Å². The van der Waals surface area contributed by atoms with Crippen LogP contribution in [0.15, 0.2) is 24.5 Å². The van der Waals surface area contributed by atoms with Crippen molar-refractivity contribution in [3.63, 3.8) is 0 Å². The van der Waals surface area contributed by atoms with Gasteiger partial charge in [-0.3, -0.25) is 9.59 Å². The largest absolute Gasteiger partial charge is 0.573 e. The fourth-order valence-corrected chi connectivity index (χ4v) is 5.35. The van der Waals surface area contributed by atoms with Crippen molar-refractivity contribution >= 4 is 28.6 Å². The lowest BCUT2D eigenvalue weighted by atomic mass is 9.80. The zero-order chi connectivity index (χ0) is 27.0. The topological polar surface area (TPSA) is 106 Å². The molecule has 1 aliphatic heterocycles. The minimum absolute atomic E-state index is 0.109. The first-order valence-corrected chi connectivity index (χ1v) is 12.3. The molecule has 1 saturated heterocycles. The van der Waals surface area contributed by atoms with Gasteiger partial charge >= 0.3 is 12.3 Å². The predicted molar refractivity (Wildman–Crippen MR) is 130 cm³/mol. The molecule has 1 saturated carbocycles. The molecule has 202 valence electrons. The van der Waals surface area contributed by atoms with Crippen LogP contribution in [0.4, 0.5) is 19.0 Å². The van der Waals surface area contributed by atoms with Gasteiger partial charge in [-0.2, -0.15) is 0 Å². The Morgan fingerprint density at radius 3 is 2.57 bits per heavy atom. The number of fused-ring (bicyclic) bond motifs is 1. The lowest BCUT2D eigenvalue weighted by Gasteiger charge is -2.41. The van der Waals surface area contributed by atoms with Gasteiger partial charge in [-0.15, -0.1) is 13.2 Å². The van der Waals surface area contributed by atoms with E-state index in [2.05, 4.69) is 46.1 Å². The van der Waals surface area contributed by atoms with Gasteiger partial charge in [0.2, 0.25) is 5.91 Å². The maximum Gasteiger partial charge on any atom is 0.573 e. The highest BCUT2D eigenvalue weighted by atomic mass is 19.4. The summed E-state index contributed by atoms with van der Waals surface area (Å²) in [4.78, 5) is 36.1. The number of methoxy groups -OCH3 is 1. The summed E-state index contributed by atoms with van der Waals surface area (Å²) in [7, 11) is 1.35. The number of alkyl halides is 3. The van der Waals surface area contributed by atoms with Crippen LogP contribution in [0.25, 0.3) is 10.9 Å². The number of hydrogen-bond acceptors (Lipinski definition) is 8. The molecule has 1 aromatic carbocycles. The fraction of sp³-hybridized carbons (Fsp3) is 0.600. The molecule has 0 bridgehead atoms. The summed E-state index contributed by atoms with van der Waals surface area (Å²) in [6, 6.07) is 2.96. The van der Waals surface area contributed by atoms with Gasteiger partial charge < -0.3 is 25.0 Å². The zero-order valence-corrected chi connectivity index (χ0v) is 21.3. The van der Waals surface area contributed by atoms with Gasteiger partial charge in [0.1, 0.15) is 23.9 Å². The van der Waals surface area contributed by atoms with E-state index in [1.54, 1.807) is 4.90 Å². The second-order valence-electron chi connectivity index (χ2n) is 10.6. The Labute approximate surface area is 213 Å². The first-order valence-electron chi connectivity index (χ1n) is 12.3. The summed E-state index contributed by atoms with van der Waals surface area (Å²) >= 11 is 0. The molecule has 1 aliphatic carbocycles. The first kappa shape index (κ1) is 26.9. The summed E-state index contributed by atoms with van der Waals surface area (Å²) in [5.41, 5.74) is 0.298. The van der Waals surface area contributed by atoms with E-state index >= 15 is 0 Å². The molecular formula is C25H32F3N5O4. The molecule has 0 spiro atoms. The van der Waals surface area contributed by atoms with Gasteiger partial charge in [-0.1, -0.05) is 0 Å². The normalized spacial score (nSPS) is 24.8. The number of benzene rings is 1. The van der Waals surface area contributed by atoms with E-state index in [9.17, 15) is 22.8 Å². The third-order valence-corrected chi connectivity index (χ3v) is 6.75. The Hall–Kier alpha value is -3.15. The Morgan fingerprint density at radius 1 is 1.14 bits per heavy atom. The van der Waals surface area contributed by atoms with Crippen molar-refractivity contribution in [1.82, 2.24) is 20.2 Å². The number of esters is 1. The number of likely N-dealkylation sites (tertiary alicyclic amines) is 1.